The van der Waals surface area contributed by atoms with E-state index in [2.05, 4.69) is 15.1 Å². The van der Waals surface area contributed by atoms with Gasteiger partial charge in [-0.15, -0.1) is 0 Å². The van der Waals surface area contributed by atoms with Crippen molar-refractivity contribution in [2.45, 2.75) is 30.8 Å². The molecule has 1 fully saturated rings. The minimum Gasteiger partial charge on any atom is -0.490 e. The number of likely N-dealkylation sites (N-methyl/N-ethyl adjacent to an activating group) is 1. The largest absolute Gasteiger partial charge is 0.490 e. The third kappa shape index (κ3) is 6.22. The first kappa shape index (κ1) is 27.3. The molecule has 0 aliphatic carbocycles. The molecule has 0 spiro atoms. The number of fused-ring (bicyclic) bond motifs is 1. The molecule has 0 saturated carbocycles. The fourth-order valence-corrected chi connectivity index (χ4v) is 5.25. The van der Waals surface area contributed by atoms with E-state index in [-0.39, 0.29) is 16.8 Å². The highest BCUT2D eigenvalue weighted by Gasteiger charge is 2.25. The van der Waals surface area contributed by atoms with Crippen LogP contribution in [0.4, 0.5) is 4.79 Å². The summed E-state index contributed by atoms with van der Waals surface area (Å²) in [6.45, 7) is 3.54. The van der Waals surface area contributed by atoms with Gasteiger partial charge >= 0.3 is 6.09 Å². The molecular formula is C25H32N6O6S. The van der Waals surface area contributed by atoms with E-state index >= 15 is 0 Å². The molecule has 1 aliphatic heterocycles. The molecule has 1 N–H and O–H groups in total. The number of carboxylic acid groups (broad SMARTS) is 1. The number of aromatic nitrogens is 4. The highest BCUT2D eigenvalue weighted by molar-refractivity contribution is 7.91. The summed E-state index contributed by atoms with van der Waals surface area (Å²) in [6.07, 6.45) is 6.27. The lowest BCUT2D eigenvalue weighted by molar-refractivity contribution is 0.0879. The number of nitrogens with zero attached hydrogens (tertiary/aromatic N) is 6. The zero-order valence-corrected chi connectivity index (χ0v) is 22.5. The second-order valence-corrected chi connectivity index (χ2v) is 11.2. The SMILES string of the molecule is CC=CCS(=O)(=O)c1ccc(-n2ncc3c(OC4CCN(C(=O)O)CC4)ncnc32)c(OCCN(C)C)c1. The van der Waals surface area contributed by atoms with Crippen LogP contribution in [0.25, 0.3) is 16.7 Å². The number of rotatable bonds is 10. The maximum absolute atomic E-state index is 12.8. The molecule has 1 aromatic carbocycles. The van der Waals surface area contributed by atoms with Gasteiger partial charge in [-0.3, -0.25) is 0 Å². The molecule has 4 rings (SSSR count). The molecule has 0 unspecified atom stereocenters. The quantitative estimate of drug-likeness (QED) is 0.379. The van der Waals surface area contributed by atoms with Crippen molar-refractivity contribution in [2.75, 3.05) is 46.1 Å². The van der Waals surface area contributed by atoms with Crippen LogP contribution < -0.4 is 9.47 Å². The van der Waals surface area contributed by atoms with Crippen LogP contribution in [-0.2, 0) is 9.84 Å². The Kier molecular flexibility index (Phi) is 8.47. The molecule has 2 aromatic heterocycles. The van der Waals surface area contributed by atoms with E-state index in [1.54, 1.807) is 36.0 Å². The van der Waals surface area contributed by atoms with E-state index in [0.717, 1.165) is 0 Å². The fraction of sp³-hybridized carbons (Fsp3) is 0.440. The molecule has 13 heteroatoms. The van der Waals surface area contributed by atoms with Crippen LogP contribution in [0.2, 0.25) is 0 Å². The van der Waals surface area contributed by atoms with Crippen molar-refractivity contribution in [3.63, 3.8) is 0 Å². The van der Waals surface area contributed by atoms with E-state index < -0.39 is 15.9 Å². The van der Waals surface area contributed by atoms with Gasteiger partial charge in [-0.1, -0.05) is 12.2 Å². The number of benzene rings is 1. The normalized spacial score (nSPS) is 15.0. The number of amides is 1. The van der Waals surface area contributed by atoms with Gasteiger partial charge in [-0.05, 0) is 33.2 Å². The smallest absolute Gasteiger partial charge is 0.407 e. The molecule has 3 heterocycles. The van der Waals surface area contributed by atoms with Crippen molar-refractivity contribution in [3.05, 3.63) is 42.9 Å². The van der Waals surface area contributed by atoms with Crippen LogP contribution in [0.1, 0.15) is 19.8 Å². The molecule has 38 heavy (non-hydrogen) atoms. The summed E-state index contributed by atoms with van der Waals surface area (Å²) in [5, 5.41) is 14.3. The van der Waals surface area contributed by atoms with E-state index in [9.17, 15) is 18.3 Å². The zero-order chi connectivity index (χ0) is 27.3. The van der Waals surface area contributed by atoms with E-state index in [0.29, 0.717) is 67.4 Å². The second-order valence-electron chi connectivity index (χ2n) is 9.19. The number of piperidine rings is 1. The zero-order valence-electron chi connectivity index (χ0n) is 21.6. The fourth-order valence-electron chi connectivity index (χ4n) is 4.05. The number of ether oxygens (including phenoxy) is 2. The highest BCUT2D eigenvalue weighted by atomic mass is 32.2. The third-order valence-corrected chi connectivity index (χ3v) is 7.79. The van der Waals surface area contributed by atoms with Gasteiger partial charge in [0.25, 0.3) is 0 Å². The van der Waals surface area contributed by atoms with Crippen LogP contribution in [0.5, 0.6) is 11.6 Å². The number of hydrogen-bond acceptors (Lipinski definition) is 9. The van der Waals surface area contributed by atoms with Gasteiger partial charge in [0.05, 0.1) is 16.8 Å². The molecular weight excluding hydrogens is 512 g/mol. The van der Waals surface area contributed by atoms with Gasteiger partial charge in [0, 0.05) is 38.5 Å². The Hall–Kier alpha value is -3.71. The lowest BCUT2D eigenvalue weighted by Crippen LogP contribution is -2.41. The summed E-state index contributed by atoms with van der Waals surface area (Å²) >= 11 is 0. The Labute approximate surface area is 221 Å². The van der Waals surface area contributed by atoms with Gasteiger partial charge in [0.1, 0.15) is 35.9 Å². The maximum Gasteiger partial charge on any atom is 0.407 e. The first-order valence-electron chi connectivity index (χ1n) is 12.3. The van der Waals surface area contributed by atoms with Crippen molar-refractivity contribution in [1.82, 2.24) is 29.5 Å². The Balaban J connectivity index is 1.66. The molecule has 1 amide bonds. The molecule has 1 saturated heterocycles. The van der Waals surface area contributed by atoms with Crippen LogP contribution in [0, 0.1) is 0 Å². The van der Waals surface area contributed by atoms with Crippen molar-refractivity contribution in [3.8, 4) is 17.3 Å². The monoisotopic (exact) mass is 544 g/mol. The van der Waals surface area contributed by atoms with E-state index in [4.69, 9.17) is 9.47 Å². The summed E-state index contributed by atoms with van der Waals surface area (Å²) in [5.41, 5.74) is 1.00. The number of allylic oxidation sites excluding steroid dienone is 1. The number of hydrogen-bond donors (Lipinski definition) is 1. The molecule has 12 nitrogen and oxygen atoms in total. The molecule has 0 radical (unpaired) electrons. The van der Waals surface area contributed by atoms with Crippen LogP contribution in [0.15, 0.2) is 47.8 Å². The first-order chi connectivity index (χ1) is 18.2. The Morgan fingerprint density at radius 1 is 1.24 bits per heavy atom. The summed E-state index contributed by atoms with van der Waals surface area (Å²) in [6, 6.07) is 4.71. The molecule has 3 aromatic rings. The lowest BCUT2D eigenvalue weighted by atomic mass is 10.1. The molecule has 0 bridgehead atoms. The van der Waals surface area contributed by atoms with Gasteiger partial charge < -0.3 is 24.4 Å². The Bertz CT molecular complexity index is 1410. The predicted octanol–water partition coefficient (Wildman–Crippen LogP) is 2.63. The number of carbonyl (C=O) groups is 1. The van der Waals surface area contributed by atoms with E-state index in [1.807, 2.05) is 19.0 Å². The minimum absolute atomic E-state index is 0.107. The number of sulfone groups is 1. The predicted molar refractivity (Wildman–Crippen MR) is 141 cm³/mol. The number of likely N-dealkylation sites (tertiary alicyclic amines) is 1. The van der Waals surface area contributed by atoms with Gasteiger partial charge in [-0.2, -0.15) is 5.10 Å². The topological polar surface area (TPSA) is 140 Å². The molecule has 204 valence electrons. The van der Waals surface area contributed by atoms with Gasteiger partial charge in [0.15, 0.2) is 15.5 Å². The van der Waals surface area contributed by atoms with Crippen LogP contribution in [-0.4, -0.2) is 101 Å². The van der Waals surface area contributed by atoms with Gasteiger partial charge in [0.2, 0.25) is 5.88 Å². The van der Waals surface area contributed by atoms with Crippen LogP contribution >= 0.6 is 0 Å². The highest BCUT2D eigenvalue weighted by Crippen LogP contribution is 2.31. The average Bonchev–Trinajstić information content (AvgIpc) is 3.32. The summed E-state index contributed by atoms with van der Waals surface area (Å²) in [7, 11) is 0.308. The standard InChI is InChI=1S/C25H32N6O6S/c1-4-5-14-38(34,35)19-6-7-21(22(15-19)36-13-12-29(2)3)31-23-20(16-28-31)24(27-17-26-23)37-18-8-10-30(11-9-18)25(32)33/h4-7,15-18H,8-14H2,1-3H3,(H,32,33). The summed E-state index contributed by atoms with van der Waals surface area (Å²) < 4.78 is 39.4. The van der Waals surface area contributed by atoms with Crippen molar-refractivity contribution >= 4 is 27.0 Å². The lowest BCUT2D eigenvalue weighted by Gasteiger charge is -2.29. The van der Waals surface area contributed by atoms with Crippen molar-refractivity contribution in [1.29, 1.82) is 0 Å². The Morgan fingerprint density at radius 2 is 2.00 bits per heavy atom. The first-order valence-corrected chi connectivity index (χ1v) is 13.9. The third-order valence-electron chi connectivity index (χ3n) is 6.19. The minimum atomic E-state index is -3.54. The average molecular weight is 545 g/mol. The summed E-state index contributed by atoms with van der Waals surface area (Å²) in [4.78, 5) is 23.4. The van der Waals surface area contributed by atoms with Crippen LogP contribution in [0.3, 0.4) is 0 Å². The second kappa shape index (κ2) is 11.8. The van der Waals surface area contributed by atoms with E-state index in [1.165, 1.54) is 23.4 Å². The van der Waals surface area contributed by atoms with Crippen molar-refractivity contribution < 1.29 is 27.8 Å². The Morgan fingerprint density at radius 3 is 2.68 bits per heavy atom. The van der Waals surface area contributed by atoms with Gasteiger partial charge in [-0.25, -0.2) is 27.9 Å². The summed E-state index contributed by atoms with van der Waals surface area (Å²) in [5.74, 6) is 0.612. The molecule has 1 aliphatic rings. The maximum atomic E-state index is 12.8. The molecule has 0 atom stereocenters. The van der Waals surface area contributed by atoms with Crippen molar-refractivity contribution in [2.24, 2.45) is 0 Å².